The number of sulfonamides is 1. The van der Waals surface area contributed by atoms with E-state index in [2.05, 4.69) is 9.71 Å². The van der Waals surface area contributed by atoms with Crippen LogP contribution in [0, 0.1) is 13.8 Å². The molecule has 0 aliphatic heterocycles. The normalized spacial score (nSPS) is 11.5. The van der Waals surface area contributed by atoms with E-state index < -0.39 is 15.9 Å². The van der Waals surface area contributed by atoms with E-state index in [0.29, 0.717) is 28.4 Å². The van der Waals surface area contributed by atoms with Crippen molar-refractivity contribution in [1.29, 1.82) is 0 Å². The molecule has 0 fully saturated rings. The molecule has 33 heavy (non-hydrogen) atoms. The van der Waals surface area contributed by atoms with E-state index in [1.54, 1.807) is 43.5 Å². The fourth-order valence-corrected chi connectivity index (χ4v) is 4.70. The number of nitrogens with zero attached hydrogens (tertiary/aromatic N) is 2. The largest absolute Gasteiger partial charge is 0.497 e. The molecule has 0 unspecified atom stereocenters. The lowest BCUT2D eigenvalue weighted by Gasteiger charge is -2.11. The first-order valence-corrected chi connectivity index (χ1v) is 12.0. The first kappa shape index (κ1) is 22.8. The fourth-order valence-electron chi connectivity index (χ4n) is 3.49. The van der Waals surface area contributed by atoms with Gasteiger partial charge in [-0.2, -0.15) is 0 Å². The molecule has 0 aliphatic rings. The number of hydrogen-bond donors (Lipinski definition) is 1. The predicted molar refractivity (Wildman–Crippen MR) is 127 cm³/mol. The van der Waals surface area contributed by atoms with Crippen molar-refractivity contribution in [2.45, 2.75) is 25.3 Å². The van der Waals surface area contributed by atoms with Gasteiger partial charge >= 0.3 is 0 Å². The van der Waals surface area contributed by atoms with Crippen molar-refractivity contribution in [3.63, 3.8) is 0 Å². The van der Waals surface area contributed by atoms with Crippen LogP contribution in [0.25, 0.3) is 11.0 Å². The van der Waals surface area contributed by atoms with Gasteiger partial charge in [-0.25, -0.2) is 18.1 Å². The van der Waals surface area contributed by atoms with Crippen LogP contribution in [0.3, 0.4) is 0 Å². The molecule has 1 heterocycles. The zero-order chi connectivity index (χ0) is 23.8. The van der Waals surface area contributed by atoms with Crippen molar-refractivity contribution in [2.24, 2.45) is 0 Å². The molecule has 0 spiro atoms. The molecule has 0 saturated carbocycles. The van der Waals surface area contributed by atoms with Crippen LogP contribution in [0.1, 0.15) is 27.3 Å². The highest BCUT2D eigenvalue weighted by molar-refractivity contribution is 7.90. The average molecular weight is 484 g/mol. The number of benzene rings is 3. The van der Waals surface area contributed by atoms with E-state index in [1.807, 2.05) is 30.5 Å². The summed E-state index contributed by atoms with van der Waals surface area (Å²) >= 11 is 6.41. The van der Waals surface area contributed by atoms with Crippen LogP contribution in [0.15, 0.2) is 65.6 Å². The Bertz CT molecular complexity index is 1460. The van der Waals surface area contributed by atoms with E-state index in [4.69, 9.17) is 16.3 Å². The first-order chi connectivity index (χ1) is 15.7. The maximum Gasteiger partial charge on any atom is 0.265 e. The van der Waals surface area contributed by atoms with Crippen LogP contribution in [-0.4, -0.2) is 31.0 Å². The Balaban J connectivity index is 1.65. The number of aryl methyl sites for hydroxylation is 2. The Hall–Kier alpha value is -3.36. The highest BCUT2D eigenvalue weighted by Gasteiger charge is 2.20. The summed E-state index contributed by atoms with van der Waals surface area (Å²) in [4.78, 5) is 17.4. The Morgan fingerprint density at radius 3 is 2.45 bits per heavy atom. The molecule has 0 saturated heterocycles. The molecule has 1 N–H and O–H groups in total. The molecular weight excluding hydrogens is 462 g/mol. The van der Waals surface area contributed by atoms with E-state index in [-0.39, 0.29) is 10.5 Å². The first-order valence-electron chi connectivity index (χ1n) is 10.1. The predicted octanol–water partition coefficient (Wildman–Crippen LogP) is 4.48. The van der Waals surface area contributed by atoms with Crippen LogP contribution in [0.4, 0.5) is 0 Å². The second-order valence-electron chi connectivity index (χ2n) is 7.65. The SMILES string of the molecule is COc1ccc(Cn2c(C)nc3ccc(C(=O)NS(=O)(=O)c4ccc(C)cc4)cc32)c(Cl)c1. The van der Waals surface area contributed by atoms with Gasteiger partial charge in [0, 0.05) is 10.6 Å². The topological polar surface area (TPSA) is 90.3 Å². The quantitative estimate of drug-likeness (QED) is 0.436. The molecule has 0 aliphatic carbocycles. The number of carbonyl (C=O) groups excluding carboxylic acids is 1. The summed E-state index contributed by atoms with van der Waals surface area (Å²) in [6.07, 6.45) is 0. The molecular formula is C24H22ClN3O4S. The monoisotopic (exact) mass is 483 g/mol. The molecule has 0 atom stereocenters. The van der Waals surface area contributed by atoms with Gasteiger partial charge in [0.1, 0.15) is 11.6 Å². The molecule has 9 heteroatoms. The Kier molecular flexibility index (Phi) is 6.14. The van der Waals surface area contributed by atoms with Gasteiger partial charge in [0.25, 0.3) is 15.9 Å². The summed E-state index contributed by atoms with van der Waals surface area (Å²) in [6.45, 7) is 4.14. The third-order valence-electron chi connectivity index (χ3n) is 5.35. The number of amides is 1. The Labute approximate surface area is 197 Å². The van der Waals surface area contributed by atoms with Crippen molar-refractivity contribution in [2.75, 3.05) is 7.11 Å². The molecule has 3 aromatic carbocycles. The molecule has 0 bridgehead atoms. The van der Waals surface area contributed by atoms with Gasteiger partial charge in [0.05, 0.1) is 29.6 Å². The zero-order valence-corrected chi connectivity index (χ0v) is 19.9. The summed E-state index contributed by atoms with van der Waals surface area (Å²) in [5, 5.41) is 0.550. The van der Waals surface area contributed by atoms with E-state index in [9.17, 15) is 13.2 Å². The molecule has 4 rings (SSSR count). The number of hydrogen-bond acceptors (Lipinski definition) is 5. The number of imidazole rings is 1. The summed E-state index contributed by atoms with van der Waals surface area (Å²) in [5.74, 6) is 0.678. The maximum absolute atomic E-state index is 12.8. The van der Waals surface area contributed by atoms with Crippen molar-refractivity contribution in [1.82, 2.24) is 14.3 Å². The van der Waals surface area contributed by atoms with Gasteiger partial charge in [-0.15, -0.1) is 0 Å². The van der Waals surface area contributed by atoms with Gasteiger partial charge < -0.3 is 9.30 Å². The van der Waals surface area contributed by atoms with Crippen LogP contribution < -0.4 is 9.46 Å². The standard InChI is InChI=1S/C24H22ClN3O4S/c1-15-4-9-20(10-5-15)33(30,31)27-24(29)17-7-11-22-23(12-17)28(16(2)26-22)14-18-6-8-19(32-3)13-21(18)25/h4-13H,14H2,1-3H3,(H,27,29). The summed E-state index contributed by atoms with van der Waals surface area (Å²) in [5.41, 5.74) is 3.37. The van der Waals surface area contributed by atoms with Gasteiger partial charge in [-0.05, 0) is 61.9 Å². The summed E-state index contributed by atoms with van der Waals surface area (Å²) < 4.78 is 34.5. The fraction of sp³-hybridized carbons (Fsp3) is 0.167. The van der Waals surface area contributed by atoms with Crippen LogP contribution in [0.2, 0.25) is 5.02 Å². The van der Waals surface area contributed by atoms with E-state index in [0.717, 1.165) is 17.0 Å². The summed E-state index contributed by atoms with van der Waals surface area (Å²) in [7, 11) is -2.42. The lowest BCUT2D eigenvalue weighted by Crippen LogP contribution is -2.30. The second kappa shape index (κ2) is 8.88. The Morgan fingerprint density at radius 1 is 1.06 bits per heavy atom. The number of ether oxygens (including phenoxy) is 1. The number of nitrogens with one attached hydrogen (secondary N) is 1. The minimum absolute atomic E-state index is 0.0255. The van der Waals surface area contributed by atoms with Gasteiger partial charge in [0.15, 0.2) is 0 Å². The van der Waals surface area contributed by atoms with Crippen LogP contribution >= 0.6 is 11.6 Å². The zero-order valence-electron chi connectivity index (χ0n) is 18.3. The van der Waals surface area contributed by atoms with E-state index in [1.165, 1.54) is 12.1 Å². The number of fused-ring (bicyclic) bond motifs is 1. The molecule has 1 aromatic heterocycles. The minimum Gasteiger partial charge on any atom is -0.497 e. The van der Waals surface area contributed by atoms with Gasteiger partial charge in [-0.1, -0.05) is 35.4 Å². The van der Waals surface area contributed by atoms with Gasteiger partial charge in [0.2, 0.25) is 0 Å². The van der Waals surface area contributed by atoms with Crippen molar-refractivity contribution < 1.29 is 17.9 Å². The van der Waals surface area contributed by atoms with E-state index >= 15 is 0 Å². The minimum atomic E-state index is -3.99. The number of methoxy groups -OCH3 is 1. The van der Waals surface area contributed by atoms with Crippen molar-refractivity contribution >= 4 is 38.6 Å². The number of rotatable bonds is 6. The third-order valence-corrected chi connectivity index (χ3v) is 7.05. The maximum atomic E-state index is 12.8. The number of halogens is 1. The van der Waals surface area contributed by atoms with Gasteiger partial charge in [-0.3, -0.25) is 4.79 Å². The average Bonchev–Trinajstić information content (AvgIpc) is 3.09. The molecule has 170 valence electrons. The number of carbonyl (C=O) groups is 1. The lowest BCUT2D eigenvalue weighted by atomic mass is 10.1. The third kappa shape index (κ3) is 4.72. The summed E-state index contributed by atoms with van der Waals surface area (Å²) in [6, 6.07) is 16.6. The molecule has 7 nitrogen and oxygen atoms in total. The lowest BCUT2D eigenvalue weighted by molar-refractivity contribution is 0.0981. The highest BCUT2D eigenvalue weighted by Crippen LogP contribution is 2.26. The smallest absolute Gasteiger partial charge is 0.265 e. The number of aromatic nitrogens is 2. The van der Waals surface area contributed by atoms with Crippen molar-refractivity contribution in [3.05, 3.63) is 88.2 Å². The molecule has 4 aromatic rings. The van der Waals surface area contributed by atoms with Crippen LogP contribution in [0.5, 0.6) is 5.75 Å². The van der Waals surface area contributed by atoms with Crippen LogP contribution in [-0.2, 0) is 16.6 Å². The Morgan fingerprint density at radius 2 is 1.79 bits per heavy atom. The second-order valence-corrected chi connectivity index (χ2v) is 9.74. The highest BCUT2D eigenvalue weighted by atomic mass is 35.5. The molecule has 1 amide bonds. The van der Waals surface area contributed by atoms with Crippen molar-refractivity contribution in [3.8, 4) is 5.75 Å². The molecule has 0 radical (unpaired) electrons.